The van der Waals surface area contributed by atoms with Gasteiger partial charge in [0.15, 0.2) is 8.32 Å². The lowest BCUT2D eigenvalue weighted by molar-refractivity contribution is -0.204. The van der Waals surface area contributed by atoms with E-state index in [1.807, 2.05) is 20.8 Å². The number of alkyl halides is 1. The van der Waals surface area contributed by atoms with Crippen LogP contribution in [0.5, 0.6) is 0 Å². The number of nitrogens with one attached hydrogen (secondary N) is 1. The molecule has 7 nitrogen and oxygen atoms in total. The first-order chi connectivity index (χ1) is 11.8. The van der Waals surface area contributed by atoms with Crippen LogP contribution >= 0.6 is 0 Å². The van der Waals surface area contributed by atoms with Gasteiger partial charge in [0, 0.05) is 18.2 Å². The maximum atomic E-state index is 15.3. The molecule has 9 heteroatoms. The fourth-order valence-corrected chi connectivity index (χ4v) is 6.38. The highest BCUT2D eigenvalue weighted by atomic mass is 28.4. The number of aliphatic hydroxyl groups excluding tert-OH is 1. The maximum Gasteiger partial charge on any atom is 0.330 e. The third-order valence-corrected chi connectivity index (χ3v) is 9.94. The summed E-state index contributed by atoms with van der Waals surface area (Å²) < 4.78 is 28.1. The van der Waals surface area contributed by atoms with E-state index >= 15 is 4.39 Å². The molecule has 0 radical (unpaired) electrons. The summed E-state index contributed by atoms with van der Waals surface area (Å²) in [7, 11) is -2.16. The molecule has 2 heterocycles. The van der Waals surface area contributed by atoms with Crippen LogP contribution in [0.4, 0.5) is 4.39 Å². The minimum Gasteiger partial charge on any atom is -0.408 e. The molecular weight excluding hydrogens is 347 g/mol. The fourth-order valence-electron chi connectivity index (χ4n) is 3.45. The van der Waals surface area contributed by atoms with E-state index in [4.69, 9.17) is 9.16 Å². The Balaban J connectivity index is 2.40. The number of hydrogen-bond donors (Lipinski definition) is 2. The molecule has 0 aromatic carbocycles. The van der Waals surface area contributed by atoms with Gasteiger partial charge in [-0.3, -0.25) is 14.3 Å². The molecule has 2 rings (SSSR count). The third-order valence-electron chi connectivity index (χ3n) is 5.32. The van der Waals surface area contributed by atoms with Crippen LogP contribution in [-0.4, -0.2) is 41.5 Å². The highest BCUT2D eigenvalue weighted by Crippen LogP contribution is 2.45. The minimum absolute atomic E-state index is 0.516. The van der Waals surface area contributed by atoms with Gasteiger partial charge >= 0.3 is 5.69 Å². The molecule has 1 aromatic rings. The second kappa shape index (κ2) is 7.53. The normalized spacial score (nSPS) is 29.9. The van der Waals surface area contributed by atoms with E-state index in [9.17, 15) is 14.7 Å². The molecule has 4 atom stereocenters. The van der Waals surface area contributed by atoms with Crippen LogP contribution < -0.4 is 11.2 Å². The first kappa shape index (κ1) is 20.0. The Hall–Kier alpha value is -1.29. The molecule has 0 saturated carbocycles. The number of ether oxygens (including phenoxy) is 1. The first-order valence-electron chi connectivity index (χ1n) is 8.72. The molecule has 25 heavy (non-hydrogen) atoms. The Kier molecular flexibility index (Phi) is 6.03. The molecule has 1 aromatic heterocycles. The summed E-state index contributed by atoms with van der Waals surface area (Å²) in [5.41, 5.74) is -1.22. The summed E-state index contributed by atoms with van der Waals surface area (Å²) >= 11 is 0. The quantitative estimate of drug-likeness (QED) is 0.709. The number of aliphatic hydroxyl groups is 1. The zero-order chi connectivity index (χ0) is 18.8. The molecule has 0 aliphatic carbocycles. The van der Waals surface area contributed by atoms with Crippen molar-refractivity contribution in [2.45, 2.75) is 64.0 Å². The fraction of sp³-hybridized carbons (Fsp3) is 0.750. The lowest BCUT2D eigenvalue weighted by Crippen LogP contribution is -2.50. The molecule has 1 aliphatic heterocycles. The zero-order valence-electron chi connectivity index (χ0n) is 15.1. The summed E-state index contributed by atoms with van der Waals surface area (Å²) in [6.45, 7) is 6.95. The SMILES string of the molecule is CC[Si](CC)(CC)O[C@H]1[C@H](C)[C@H](n2ccc(=O)[nH]c2=O)O[C@]1(F)CO. The number of nitrogens with zero attached hydrogens (tertiary/aromatic N) is 1. The van der Waals surface area contributed by atoms with Gasteiger partial charge in [0.05, 0.1) is 0 Å². The lowest BCUT2D eigenvalue weighted by atomic mass is 10.0. The van der Waals surface area contributed by atoms with Crippen LogP contribution in [0.1, 0.15) is 33.9 Å². The standard InChI is InChI=1S/C16H27FN2O5Si/c1-5-25(6-2,7-3)24-13-11(4)14(23-16(13,17)10-20)19-9-8-12(21)18-15(19)22/h8-9,11,13-14,20H,5-7,10H2,1-4H3,(H,18,21,22)/t11-,13-,14+,16+/m0/s1. The lowest BCUT2D eigenvalue weighted by Gasteiger charge is -2.36. The Bertz CT molecular complexity index is 696. The van der Waals surface area contributed by atoms with Gasteiger partial charge in [-0.15, -0.1) is 0 Å². The summed E-state index contributed by atoms with van der Waals surface area (Å²) in [6, 6.07) is 3.66. The number of hydrogen-bond acceptors (Lipinski definition) is 5. The molecule has 1 aliphatic rings. The van der Waals surface area contributed by atoms with Crippen molar-refractivity contribution < 1.29 is 18.7 Å². The molecule has 1 saturated heterocycles. The van der Waals surface area contributed by atoms with Gasteiger partial charge < -0.3 is 14.3 Å². The number of rotatable bonds is 7. The predicted molar refractivity (Wildman–Crippen MR) is 93.6 cm³/mol. The Morgan fingerprint density at radius 3 is 2.44 bits per heavy atom. The van der Waals surface area contributed by atoms with Crippen LogP contribution in [0.25, 0.3) is 0 Å². The van der Waals surface area contributed by atoms with E-state index in [1.54, 1.807) is 6.92 Å². The molecule has 0 bridgehead atoms. The maximum absolute atomic E-state index is 15.3. The smallest absolute Gasteiger partial charge is 0.330 e. The second-order valence-electron chi connectivity index (χ2n) is 6.61. The van der Waals surface area contributed by atoms with E-state index in [1.165, 1.54) is 12.3 Å². The number of H-pyrrole nitrogens is 1. The van der Waals surface area contributed by atoms with Gasteiger partial charge in [0.25, 0.3) is 11.4 Å². The van der Waals surface area contributed by atoms with Crippen molar-refractivity contribution in [1.82, 2.24) is 9.55 Å². The third kappa shape index (κ3) is 3.64. The summed E-state index contributed by atoms with van der Waals surface area (Å²) in [6.07, 6.45) is -0.677. The van der Waals surface area contributed by atoms with Crippen LogP contribution in [0.2, 0.25) is 18.1 Å². The largest absolute Gasteiger partial charge is 0.408 e. The molecule has 1 fully saturated rings. The van der Waals surface area contributed by atoms with Gasteiger partial charge in [0.1, 0.15) is 18.9 Å². The van der Waals surface area contributed by atoms with Crippen LogP contribution in [0, 0.1) is 5.92 Å². The second-order valence-corrected chi connectivity index (χ2v) is 11.3. The monoisotopic (exact) mass is 374 g/mol. The Labute approximate surface area is 146 Å². The van der Waals surface area contributed by atoms with Crippen molar-refractivity contribution in [2.24, 2.45) is 5.92 Å². The van der Waals surface area contributed by atoms with Crippen molar-refractivity contribution in [3.05, 3.63) is 33.1 Å². The number of halogens is 1. The molecule has 2 N–H and O–H groups in total. The average molecular weight is 374 g/mol. The average Bonchev–Trinajstić information content (AvgIpc) is 2.85. The molecule has 0 spiro atoms. The highest BCUT2D eigenvalue weighted by molar-refractivity contribution is 6.73. The zero-order valence-corrected chi connectivity index (χ0v) is 16.1. The van der Waals surface area contributed by atoms with Gasteiger partial charge in [-0.05, 0) is 18.1 Å². The van der Waals surface area contributed by atoms with Crippen molar-refractivity contribution in [3.63, 3.8) is 0 Å². The Morgan fingerprint density at radius 2 is 1.96 bits per heavy atom. The van der Waals surface area contributed by atoms with E-state index in [0.29, 0.717) is 0 Å². The van der Waals surface area contributed by atoms with Crippen molar-refractivity contribution in [1.29, 1.82) is 0 Å². The molecule has 142 valence electrons. The van der Waals surface area contributed by atoms with Gasteiger partial charge in [-0.1, -0.05) is 27.7 Å². The summed E-state index contributed by atoms with van der Waals surface area (Å²) in [5.74, 6) is -2.91. The van der Waals surface area contributed by atoms with Gasteiger partial charge in [-0.2, -0.15) is 0 Å². The van der Waals surface area contributed by atoms with E-state index < -0.39 is 50.3 Å². The Morgan fingerprint density at radius 1 is 1.36 bits per heavy atom. The van der Waals surface area contributed by atoms with Gasteiger partial charge in [-0.25, -0.2) is 9.18 Å². The summed E-state index contributed by atoms with van der Waals surface area (Å²) in [4.78, 5) is 25.4. The molecule has 0 amide bonds. The van der Waals surface area contributed by atoms with Gasteiger partial charge in [0.2, 0.25) is 0 Å². The number of aromatic amines is 1. The van der Waals surface area contributed by atoms with E-state index in [2.05, 4.69) is 4.98 Å². The predicted octanol–water partition coefficient (Wildman–Crippen LogP) is 1.75. The van der Waals surface area contributed by atoms with Crippen molar-refractivity contribution in [3.8, 4) is 0 Å². The topological polar surface area (TPSA) is 93.6 Å². The van der Waals surface area contributed by atoms with E-state index in [0.717, 1.165) is 22.7 Å². The van der Waals surface area contributed by atoms with Crippen LogP contribution in [-0.2, 0) is 9.16 Å². The summed E-state index contributed by atoms with van der Waals surface area (Å²) in [5, 5.41) is 9.60. The van der Waals surface area contributed by atoms with Crippen LogP contribution in [0.3, 0.4) is 0 Å². The number of aromatic nitrogens is 2. The van der Waals surface area contributed by atoms with Crippen molar-refractivity contribution >= 4 is 8.32 Å². The van der Waals surface area contributed by atoms with Crippen LogP contribution in [0.15, 0.2) is 21.9 Å². The van der Waals surface area contributed by atoms with Crippen molar-refractivity contribution in [2.75, 3.05) is 6.61 Å². The first-order valence-corrected chi connectivity index (χ1v) is 11.3. The highest BCUT2D eigenvalue weighted by Gasteiger charge is 2.57. The van der Waals surface area contributed by atoms with E-state index in [-0.39, 0.29) is 0 Å². The molecule has 0 unspecified atom stereocenters. The minimum atomic E-state index is -2.39. The molecular formula is C16H27FN2O5Si.